The Morgan fingerprint density at radius 3 is 2.75 bits per heavy atom. The molecule has 2 rings (SSSR count). The zero-order valence-electron chi connectivity index (χ0n) is 8.22. The first-order valence-corrected chi connectivity index (χ1v) is 5.55. The minimum atomic E-state index is -0.504. The molecule has 1 amide bonds. The summed E-state index contributed by atoms with van der Waals surface area (Å²) in [5, 5.41) is 4.03. The molecule has 0 fully saturated rings. The minimum Gasteiger partial charge on any atom is -0.397 e. The van der Waals surface area contributed by atoms with Crippen LogP contribution in [0.3, 0.4) is 0 Å². The van der Waals surface area contributed by atoms with Gasteiger partial charge in [0.25, 0.3) is 5.91 Å². The molecule has 82 valence electrons. The second kappa shape index (κ2) is 4.12. The van der Waals surface area contributed by atoms with E-state index >= 15 is 0 Å². The largest absolute Gasteiger partial charge is 0.397 e. The molecule has 0 aliphatic rings. The zero-order valence-corrected chi connectivity index (χ0v) is 10.4. The first-order chi connectivity index (χ1) is 7.58. The topological polar surface area (TPSA) is 86.9 Å². The second-order valence-corrected chi connectivity index (χ2v) is 4.49. The number of benzene rings is 1. The van der Waals surface area contributed by atoms with Gasteiger partial charge < -0.3 is 11.5 Å². The third kappa shape index (κ3) is 2.01. The normalized spacial score (nSPS) is 10.3. The Labute approximate surface area is 106 Å². The van der Waals surface area contributed by atoms with Crippen LogP contribution in [0, 0.1) is 3.57 Å². The predicted molar refractivity (Wildman–Crippen MR) is 69.2 cm³/mol. The van der Waals surface area contributed by atoms with Gasteiger partial charge in [0.15, 0.2) is 0 Å². The van der Waals surface area contributed by atoms with Crippen LogP contribution in [-0.4, -0.2) is 15.7 Å². The third-order valence-corrected chi connectivity index (χ3v) is 2.77. The molecule has 2 aromatic rings. The quantitative estimate of drug-likeness (QED) is 0.641. The van der Waals surface area contributed by atoms with Crippen molar-refractivity contribution in [3.8, 4) is 5.69 Å². The summed E-state index contributed by atoms with van der Waals surface area (Å²) < 4.78 is 2.58. The first kappa shape index (κ1) is 10.9. The van der Waals surface area contributed by atoms with E-state index in [4.69, 9.17) is 11.5 Å². The summed E-state index contributed by atoms with van der Waals surface area (Å²) in [7, 11) is 0. The van der Waals surface area contributed by atoms with Gasteiger partial charge in [-0.3, -0.25) is 4.79 Å². The smallest absolute Gasteiger partial charge is 0.251 e. The van der Waals surface area contributed by atoms with Gasteiger partial charge in [-0.25, -0.2) is 4.68 Å². The molecule has 0 aliphatic carbocycles. The van der Waals surface area contributed by atoms with Crippen molar-refractivity contribution >= 4 is 34.2 Å². The van der Waals surface area contributed by atoms with E-state index in [-0.39, 0.29) is 0 Å². The van der Waals surface area contributed by atoms with E-state index in [9.17, 15) is 4.79 Å². The SMILES string of the molecule is NC(=O)c1cnn(-c2ccc(I)cc2N)c1. The number of amides is 1. The molecule has 6 heteroatoms. The van der Waals surface area contributed by atoms with Gasteiger partial charge >= 0.3 is 0 Å². The fourth-order valence-electron chi connectivity index (χ4n) is 1.32. The molecule has 0 saturated carbocycles. The van der Waals surface area contributed by atoms with Crippen LogP contribution in [0.25, 0.3) is 5.69 Å². The maximum absolute atomic E-state index is 10.9. The summed E-state index contributed by atoms with van der Waals surface area (Å²) in [5.74, 6) is -0.504. The highest BCUT2D eigenvalue weighted by Gasteiger charge is 2.07. The fourth-order valence-corrected chi connectivity index (χ4v) is 1.83. The van der Waals surface area contributed by atoms with E-state index in [1.807, 2.05) is 18.2 Å². The van der Waals surface area contributed by atoms with E-state index in [0.29, 0.717) is 11.3 Å². The summed E-state index contributed by atoms with van der Waals surface area (Å²) in [5.41, 5.74) is 12.7. The lowest BCUT2D eigenvalue weighted by atomic mass is 10.3. The minimum absolute atomic E-state index is 0.359. The van der Waals surface area contributed by atoms with E-state index in [1.165, 1.54) is 10.9 Å². The van der Waals surface area contributed by atoms with Gasteiger partial charge in [0, 0.05) is 9.77 Å². The summed E-state index contributed by atoms with van der Waals surface area (Å²) in [6.07, 6.45) is 2.97. The number of nitrogen functional groups attached to an aromatic ring is 1. The van der Waals surface area contributed by atoms with Crippen molar-refractivity contribution in [1.29, 1.82) is 0 Å². The standard InChI is InChI=1S/C10H9IN4O/c11-7-1-2-9(8(12)3-7)15-5-6(4-14-15)10(13)16/h1-5H,12H2,(H2,13,16). The van der Waals surface area contributed by atoms with Crippen LogP contribution in [-0.2, 0) is 0 Å². The highest BCUT2D eigenvalue weighted by Crippen LogP contribution is 2.19. The molecule has 0 radical (unpaired) electrons. The number of aromatic nitrogens is 2. The molecule has 1 heterocycles. The Bertz CT molecular complexity index is 550. The van der Waals surface area contributed by atoms with Crippen LogP contribution in [0.2, 0.25) is 0 Å². The lowest BCUT2D eigenvalue weighted by Gasteiger charge is -2.05. The van der Waals surface area contributed by atoms with Gasteiger partial charge in [-0.1, -0.05) is 0 Å². The number of nitrogens with zero attached hydrogens (tertiary/aromatic N) is 2. The van der Waals surface area contributed by atoms with Gasteiger partial charge in [0.1, 0.15) is 0 Å². The number of hydrogen-bond donors (Lipinski definition) is 2. The third-order valence-electron chi connectivity index (χ3n) is 2.10. The van der Waals surface area contributed by atoms with Crippen LogP contribution in [0.4, 0.5) is 5.69 Å². The van der Waals surface area contributed by atoms with Crippen molar-refractivity contribution in [1.82, 2.24) is 9.78 Å². The number of halogens is 1. The van der Waals surface area contributed by atoms with Gasteiger partial charge in [-0.2, -0.15) is 5.10 Å². The Morgan fingerprint density at radius 2 is 2.19 bits per heavy atom. The molecule has 4 N–H and O–H groups in total. The maximum atomic E-state index is 10.9. The maximum Gasteiger partial charge on any atom is 0.251 e. The Hall–Kier alpha value is -1.57. The van der Waals surface area contributed by atoms with Crippen LogP contribution in [0.1, 0.15) is 10.4 Å². The highest BCUT2D eigenvalue weighted by molar-refractivity contribution is 14.1. The van der Waals surface area contributed by atoms with E-state index in [1.54, 1.807) is 6.20 Å². The lowest BCUT2D eigenvalue weighted by molar-refractivity contribution is 0.100. The number of rotatable bonds is 2. The predicted octanol–water partition coefficient (Wildman–Crippen LogP) is 1.16. The Morgan fingerprint density at radius 1 is 1.44 bits per heavy atom. The van der Waals surface area contributed by atoms with Gasteiger partial charge in [-0.05, 0) is 40.8 Å². The summed E-state index contributed by atoms with van der Waals surface area (Å²) in [6, 6.07) is 5.59. The van der Waals surface area contributed by atoms with Gasteiger partial charge in [-0.15, -0.1) is 0 Å². The number of anilines is 1. The Balaban J connectivity index is 2.46. The molecule has 1 aromatic carbocycles. The van der Waals surface area contributed by atoms with Gasteiger partial charge in [0.05, 0.1) is 23.1 Å². The number of carbonyl (C=O) groups is 1. The molecule has 0 bridgehead atoms. The van der Waals surface area contributed by atoms with Crippen molar-refractivity contribution in [2.75, 3.05) is 5.73 Å². The van der Waals surface area contributed by atoms with Crippen molar-refractivity contribution in [2.45, 2.75) is 0 Å². The summed E-state index contributed by atoms with van der Waals surface area (Å²) >= 11 is 2.17. The molecule has 0 unspecified atom stereocenters. The molecule has 0 atom stereocenters. The second-order valence-electron chi connectivity index (χ2n) is 3.24. The average Bonchev–Trinajstić information content (AvgIpc) is 2.66. The number of carbonyl (C=O) groups excluding carboxylic acids is 1. The Kier molecular flexibility index (Phi) is 2.82. The molecule has 5 nitrogen and oxygen atoms in total. The average molecular weight is 328 g/mol. The number of primary amides is 1. The molecular formula is C10H9IN4O. The molecule has 0 aliphatic heterocycles. The van der Waals surface area contributed by atoms with Crippen LogP contribution in [0.15, 0.2) is 30.6 Å². The van der Waals surface area contributed by atoms with Crippen LogP contribution in [0.5, 0.6) is 0 Å². The highest BCUT2D eigenvalue weighted by atomic mass is 127. The molecule has 0 saturated heterocycles. The molecule has 1 aromatic heterocycles. The van der Waals surface area contributed by atoms with E-state index in [2.05, 4.69) is 27.7 Å². The van der Waals surface area contributed by atoms with Gasteiger partial charge in [0.2, 0.25) is 0 Å². The molecule has 0 spiro atoms. The lowest BCUT2D eigenvalue weighted by Crippen LogP contribution is -2.09. The van der Waals surface area contributed by atoms with Crippen molar-refractivity contribution in [3.63, 3.8) is 0 Å². The van der Waals surface area contributed by atoms with Crippen LogP contribution >= 0.6 is 22.6 Å². The zero-order chi connectivity index (χ0) is 11.7. The van der Waals surface area contributed by atoms with Crippen molar-refractivity contribution in [3.05, 3.63) is 39.7 Å². The first-order valence-electron chi connectivity index (χ1n) is 4.48. The summed E-state index contributed by atoms with van der Waals surface area (Å²) in [6.45, 7) is 0. The van der Waals surface area contributed by atoms with E-state index in [0.717, 1.165) is 9.26 Å². The number of hydrogen-bond acceptors (Lipinski definition) is 3. The van der Waals surface area contributed by atoms with Crippen molar-refractivity contribution < 1.29 is 4.79 Å². The molecule has 16 heavy (non-hydrogen) atoms. The number of nitrogens with two attached hydrogens (primary N) is 2. The fraction of sp³-hybridized carbons (Fsp3) is 0. The van der Waals surface area contributed by atoms with E-state index < -0.39 is 5.91 Å². The van der Waals surface area contributed by atoms with Crippen molar-refractivity contribution in [2.24, 2.45) is 5.73 Å². The van der Waals surface area contributed by atoms with Crippen LogP contribution < -0.4 is 11.5 Å². The molecular weight excluding hydrogens is 319 g/mol. The summed E-state index contributed by atoms with van der Waals surface area (Å²) in [4.78, 5) is 10.9. The monoisotopic (exact) mass is 328 g/mol.